The molecule has 1 atom stereocenters. The highest BCUT2D eigenvalue weighted by atomic mass is 32.2. The van der Waals surface area contributed by atoms with Crippen LogP contribution in [-0.2, 0) is 6.42 Å². The zero-order valence-corrected chi connectivity index (χ0v) is 11.0. The Bertz CT molecular complexity index is 364. The Kier molecular flexibility index (Phi) is 4.42. The molecule has 1 unspecified atom stereocenters. The highest BCUT2D eigenvalue weighted by Crippen LogP contribution is 2.25. The van der Waals surface area contributed by atoms with Gasteiger partial charge in [-0.2, -0.15) is 4.98 Å². The van der Waals surface area contributed by atoms with E-state index in [0.29, 0.717) is 11.1 Å². The van der Waals surface area contributed by atoms with Gasteiger partial charge in [-0.1, -0.05) is 30.8 Å². The van der Waals surface area contributed by atoms with Gasteiger partial charge in [0.25, 0.3) is 0 Å². The van der Waals surface area contributed by atoms with Crippen molar-refractivity contribution in [2.45, 2.75) is 31.9 Å². The van der Waals surface area contributed by atoms with Gasteiger partial charge in [0.2, 0.25) is 5.89 Å². The molecule has 0 aliphatic carbocycles. The van der Waals surface area contributed by atoms with Crippen molar-refractivity contribution in [1.82, 2.24) is 15.5 Å². The van der Waals surface area contributed by atoms with Crippen LogP contribution in [0.5, 0.6) is 0 Å². The molecule has 6 heteroatoms. The molecular formula is C11H18N4OS. The third kappa shape index (κ3) is 4.03. The van der Waals surface area contributed by atoms with Crippen molar-refractivity contribution in [2.24, 2.45) is 10.9 Å². The van der Waals surface area contributed by atoms with Crippen molar-refractivity contribution >= 4 is 16.9 Å². The molecule has 5 nitrogen and oxygen atoms in total. The molecular weight excluding hydrogens is 236 g/mol. The van der Waals surface area contributed by atoms with Crippen LogP contribution in [0.3, 0.4) is 0 Å². The van der Waals surface area contributed by atoms with Crippen molar-refractivity contribution in [2.75, 3.05) is 13.1 Å². The molecule has 0 saturated carbocycles. The van der Waals surface area contributed by atoms with E-state index >= 15 is 0 Å². The minimum absolute atomic E-state index is 0.640. The van der Waals surface area contributed by atoms with Crippen LogP contribution in [0.25, 0.3) is 0 Å². The Balaban J connectivity index is 1.64. The smallest absolute Gasteiger partial charge is 0.228 e. The second kappa shape index (κ2) is 6.05. The lowest BCUT2D eigenvalue weighted by Gasteiger charge is -2.10. The fourth-order valence-corrected chi connectivity index (χ4v) is 3.03. The fourth-order valence-electron chi connectivity index (χ4n) is 1.75. The summed E-state index contributed by atoms with van der Waals surface area (Å²) in [7, 11) is 0. The Morgan fingerprint density at radius 2 is 2.47 bits per heavy atom. The van der Waals surface area contributed by atoms with E-state index in [0.717, 1.165) is 30.6 Å². The lowest BCUT2D eigenvalue weighted by Crippen LogP contribution is -2.22. The summed E-state index contributed by atoms with van der Waals surface area (Å²) in [4.78, 5) is 8.46. The standard InChI is InChI=1S/C11H18N4OS/c1-8(2)5-9-6-13-11(17-9)12-4-3-10-14-7-15-16-10/h7-9H,3-6H2,1-2H3,(H,12,13). The topological polar surface area (TPSA) is 63.3 Å². The minimum Gasteiger partial charge on any atom is -0.364 e. The summed E-state index contributed by atoms with van der Waals surface area (Å²) in [6.45, 7) is 6.23. The first kappa shape index (κ1) is 12.4. The summed E-state index contributed by atoms with van der Waals surface area (Å²) in [5.41, 5.74) is 0. The summed E-state index contributed by atoms with van der Waals surface area (Å²) in [6.07, 6.45) is 3.40. The quantitative estimate of drug-likeness (QED) is 0.866. The molecule has 1 aromatic heterocycles. The van der Waals surface area contributed by atoms with E-state index in [1.165, 1.54) is 12.7 Å². The van der Waals surface area contributed by atoms with Crippen LogP contribution in [0.4, 0.5) is 0 Å². The van der Waals surface area contributed by atoms with Crippen LogP contribution in [0, 0.1) is 5.92 Å². The number of amidine groups is 1. The van der Waals surface area contributed by atoms with Crippen LogP contribution in [0.15, 0.2) is 15.8 Å². The minimum atomic E-state index is 0.640. The average molecular weight is 254 g/mol. The summed E-state index contributed by atoms with van der Waals surface area (Å²) in [6, 6.07) is 0. The normalized spacial score (nSPS) is 19.7. The van der Waals surface area contributed by atoms with Crippen molar-refractivity contribution < 1.29 is 4.52 Å². The van der Waals surface area contributed by atoms with Crippen LogP contribution >= 0.6 is 11.8 Å². The number of hydrogen-bond acceptors (Lipinski definition) is 6. The largest absolute Gasteiger partial charge is 0.364 e. The summed E-state index contributed by atoms with van der Waals surface area (Å²) >= 11 is 1.85. The molecule has 1 aromatic rings. The van der Waals surface area contributed by atoms with Gasteiger partial charge in [-0.3, -0.25) is 4.99 Å². The van der Waals surface area contributed by atoms with Gasteiger partial charge in [0.15, 0.2) is 11.5 Å². The first-order valence-electron chi connectivity index (χ1n) is 5.94. The van der Waals surface area contributed by atoms with Gasteiger partial charge in [-0.25, -0.2) is 0 Å². The second-order valence-electron chi connectivity index (χ2n) is 4.53. The molecule has 94 valence electrons. The molecule has 17 heavy (non-hydrogen) atoms. The van der Waals surface area contributed by atoms with E-state index in [9.17, 15) is 0 Å². The third-order valence-electron chi connectivity index (χ3n) is 2.47. The molecule has 0 bridgehead atoms. The highest BCUT2D eigenvalue weighted by Gasteiger charge is 2.20. The molecule has 0 spiro atoms. The van der Waals surface area contributed by atoms with Gasteiger partial charge in [0.1, 0.15) is 0 Å². The molecule has 0 aromatic carbocycles. The molecule has 0 amide bonds. The van der Waals surface area contributed by atoms with E-state index in [1.807, 2.05) is 11.8 Å². The Hall–Kier alpha value is -1.04. The number of hydrogen-bond donors (Lipinski definition) is 1. The van der Waals surface area contributed by atoms with Gasteiger partial charge in [-0.05, 0) is 12.3 Å². The summed E-state index contributed by atoms with van der Waals surface area (Å²) < 4.78 is 4.92. The predicted molar refractivity (Wildman–Crippen MR) is 69.1 cm³/mol. The third-order valence-corrected chi connectivity index (χ3v) is 3.64. The number of aliphatic imine (C=N–C) groups is 1. The van der Waals surface area contributed by atoms with Crippen LogP contribution in [0.1, 0.15) is 26.2 Å². The monoisotopic (exact) mass is 254 g/mol. The number of nitrogens with one attached hydrogen (secondary N) is 1. The zero-order valence-electron chi connectivity index (χ0n) is 10.2. The van der Waals surface area contributed by atoms with E-state index in [2.05, 4.69) is 34.3 Å². The van der Waals surface area contributed by atoms with E-state index < -0.39 is 0 Å². The molecule has 1 aliphatic heterocycles. The van der Waals surface area contributed by atoms with E-state index in [1.54, 1.807) is 0 Å². The van der Waals surface area contributed by atoms with Gasteiger partial charge in [0, 0.05) is 18.2 Å². The Morgan fingerprint density at radius 3 is 3.18 bits per heavy atom. The molecule has 1 aliphatic rings. The lowest BCUT2D eigenvalue weighted by atomic mass is 10.1. The number of nitrogens with zero attached hydrogens (tertiary/aromatic N) is 3. The molecule has 0 radical (unpaired) electrons. The van der Waals surface area contributed by atoms with Crippen molar-refractivity contribution in [3.63, 3.8) is 0 Å². The molecule has 1 N–H and O–H groups in total. The molecule has 2 rings (SSSR count). The lowest BCUT2D eigenvalue weighted by molar-refractivity contribution is 0.377. The Morgan fingerprint density at radius 1 is 1.59 bits per heavy atom. The van der Waals surface area contributed by atoms with Crippen LogP contribution < -0.4 is 5.32 Å². The molecule has 0 saturated heterocycles. The predicted octanol–water partition coefficient (Wildman–Crippen LogP) is 1.72. The first-order chi connectivity index (χ1) is 8.24. The maximum atomic E-state index is 4.92. The first-order valence-corrected chi connectivity index (χ1v) is 6.82. The number of thioether (sulfide) groups is 1. The fraction of sp³-hybridized carbons (Fsp3) is 0.727. The average Bonchev–Trinajstić information content (AvgIpc) is 2.89. The maximum Gasteiger partial charge on any atom is 0.228 e. The van der Waals surface area contributed by atoms with Gasteiger partial charge in [0.05, 0.1) is 6.54 Å². The summed E-state index contributed by atoms with van der Waals surface area (Å²) in [5.74, 6) is 1.40. The van der Waals surface area contributed by atoms with Crippen molar-refractivity contribution in [3.8, 4) is 0 Å². The molecule has 0 fully saturated rings. The maximum absolute atomic E-state index is 4.92. The van der Waals surface area contributed by atoms with Crippen molar-refractivity contribution in [1.29, 1.82) is 0 Å². The van der Waals surface area contributed by atoms with Crippen LogP contribution in [0.2, 0.25) is 0 Å². The van der Waals surface area contributed by atoms with Crippen molar-refractivity contribution in [3.05, 3.63) is 12.2 Å². The number of rotatable bonds is 5. The molecule has 2 heterocycles. The highest BCUT2D eigenvalue weighted by molar-refractivity contribution is 8.14. The van der Waals surface area contributed by atoms with Gasteiger partial charge in [-0.15, -0.1) is 0 Å². The number of aromatic nitrogens is 2. The Labute approximate surface area is 105 Å². The van der Waals surface area contributed by atoms with Gasteiger partial charge >= 0.3 is 0 Å². The SMILES string of the molecule is CC(C)CC1CN=C(NCCc2ncno2)S1. The zero-order chi connectivity index (χ0) is 12.1. The van der Waals surface area contributed by atoms with E-state index in [4.69, 9.17) is 4.52 Å². The van der Waals surface area contributed by atoms with Crippen LogP contribution in [-0.4, -0.2) is 33.6 Å². The van der Waals surface area contributed by atoms with E-state index in [-0.39, 0.29) is 0 Å². The summed E-state index contributed by atoms with van der Waals surface area (Å²) in [5, 5.41) is 8.57. The van der Waals surface area contributed by atoms with Gasteiger partial charge < -0.3 is 9.84 Å². The second-order valence-corrected chi connectivity index (χ2v) is 5.82.